The second-order valence-electron chi connectivity index (χ2n) is 8.04. The van der Waals surface area contributed by atoms with E-state index in [1.165, 1.54) is 0 Å². The molecule has 20 heavy (non-hydrogen) atoms. The van der Waals surface area contributed by atoms with Gasteiger partial charge in [-0.25, -0.2) is 0 Å². The maximum absolute atomic E-state index is 9.11. The van der Waals surface area contributed by atoms with Crippen LogP contribution in [0.2, 0.25) is 0 Å². The smallest absolute Gasteiger partial charge is 0.0537 e. The van der Waals surface area contributed by atoms with Crippen LogP contribution < -0.4 is 0 Å². The molecule has 2 unspecified atom stereocenters. The second kappa shape index (κ2) is 10.7. The third kappa shape index (κ3) is 9.80. The van der Waals surface area contributed by atoms with Gasteiger partial charge >= 0.3 is 0 Å². The Hall–Kier alpha value is -0.0400. The number of aliphatic hydroxyl groups is 1. The molecule has 0 aromatic rings. The molecule has 0 heterocycles. The minimum Gasteiger partial charge on any atom is -0.393 e. The van der Waals surface area contributed by atoms with Gasteiger partial charge in [0.05, 0.1) is 6.10 Å². The summed E-state index contributed by atoms with van der Waals surface area (Å²) in [5, 5.41) is 9.11. The number of hydrogen-bond donors (Lipinski definition) is 1. The van der Waals surface area contributed by atoms with Gasteiger partial charge in [-0.3, -0.25) is 0 Å². The highest BCUT2D eigenvalue weighted by atomic mass is 16.3. The zero-order chi connectivity index (χ0) is 16.5. The molecule has 0 aliphatic heterocycles. The van der Waals surface area contributed by atoms with E-state index in [4.69, 9.17) is 5.11 Å². The molecule has 0 amide bonds. The molecule has 2 atom stereocenters. The molecular formula is C19H42O. The fourth-order valence-electron chi connectivity index (χ4n) is 2.11. The Bertz CT molecular complexity index is 216. The third-order valence-electron chi connectivity index (χ3n) is 5.21. The highest BCUT2D eigenvalue weighted by Crippen LogP contribution is 2.38. The van der Waals surface area contributed by atoms with Crippen LogP contribution in [0.3, 0.4) is 0 Å². The van der Waals surface area contributed by atoms with Crippen molar-refractivity contribution in [1.82, 2.24) is 0 Å². The van der Waals surface area contributed by atoms with Crippen molar-refractivity contribution >= 4 is 0 Å². The van der Waals surface area contributed by atoms with Crippen LogP contribution in [0.15, 0.2) is 0 Å². The lowest BCUT2D eigenvalue weighted by molar-refractivity contribution is 0.113. The van der Waals surface area contributed by atoms with Crippen LogP contribution in [0.1, 0.15) is 88.5 Å². The van der Waals surface area contributed by atoms with E-state index in [0.717, 1.165) is 42.9 Å². The van der Waals surface area contributed by atoms with Crippen molar-refractivity contribution in [3.05, 3.63) is 0 Å². The van der Waals surface area contributed by atoms with Gasteiger partial charge in [0.1, 0.15) is 0 Å². The average molecular weight is 287 g/mol. The van der Waals surface area contributed by atoms with Gasteiger partial charge < -0.3 is 5.11 Å². The topological polar surface area (TPSA) is 20.2 Å². The van der Waals surface area contributed by atoms with Crippen LogP contribution in [-0.2, 0) is 0 Å². The van der Waals surface area contributed by atoms with Gasteiger partial charge in [0, 0.05) is 0 Å². The van der Waals surface area contributed by atoms with Gasteiger partial charge in [-0.15, -0.1) is 0 Å². The lowest BCUT2D eigenvalue weighted by atomic mass is 9.67. The minimum absolute atomic E-state index is 0.0626. The number of rotatable bonds is 7. The summed E-state index contributed by atoms with van der Waals surface area (Å²) in [4.78, 5) is 0. The normalized spacial score (nSPS) is 15.3. The molecular weight excluding hydrogens is 244 g/mol. The Kier molecular flexibility index (Phi) is 11.8. The van der Waals surface area contributed by atoms with Crippen LogP contribution in [0.4, 0.5) is 0 Å². The summed E-state index contributed by atoms with van der Waals surface area (Å²) < 4.78 is 0. The van der Waals surface area contributed by atoms with E-state index in [2.05, 4.69) is 62.3 Å². The zero-order valence-corrected chi connectivity index (χ0v) is 16.0. The van der Waals surface area contributed by atoms with Gasteiger partial charge in [0.25, 0.3) is 0 Å². The molecule has 0 saturated heterocycles. The Labute approximate surface area is 129 Å². The Morgan fingerprint density at radius 1 is 0.850 bits per heavy atom. The molecule has 0 aliphatic rings. The van der Waals surface area contributed by atoms with Crippen molar-refractivity contribution in [2.45, 2.75) is 94.6 Å². The molecule has 0 spiro atoms. The molecule has 1 nitrogen and oxygen atoms in total. The first kappa shape index (κ1) is 22.2. The molecule has 0 bridgehead atoms. The van der Waals surface area contributed by atoms with Crippen molar-refractivity contribution in [2.24, 2.45) is 29.1 Å². The first-order valence-electron chi connectivity index (χ1n) is 8.64. The van der Waals surface area contributed by atoms with Crippen molar-refractivity contribution in [3.63, 3.8) is 0 Å². The van der Waals surface area contributed by atoms with Crippen molar-refractivity contribution < 1.29 is 5.11 Å². The highest BCUT2D eigenvalue weighted by molar-refractivity contribution is 4.79. The molecule has 0 fully saturated rings. The molecule has 0 aliphatic carbocycles. The van der Waals surface area contributed by atoms with Crippen LogP contribution in [-0.4, -0.2) is 11.2 Å². The van der Waals surface area contributed by atoms with E-state index in [-0.39, 0.29) is 6.10 Å². The SMILES string of the molecule is CC(C)C(C)C(C)(C)C(C)C.CCC(O)CCC(C)C. The first-order chi connectivity index (χ1) is 8.96. The van der Waals surface area contributed by atoms with E-state index in [1.807, 2.05) is 6.92 Å². The quantitative estimate of drug-likeness (QED) is 0.594. The fraction of sp³-hybridized carbons (Fsp3) is 1.00. The molecule has 1 N–H and O–H groups in total. The van der Waals surface area contributed by atoms with E-state index in [0.29, 0.717) is 5.41 Å². The van der Waals surface area contributed by atoms with E-state index in [9.17, 15) is 0 Å². The maximum atomic E-state index is 9.11. The van der Waals surface area contributed by atoms with Crippen molar-refractivity contribution in [1.29, 1.82) is 0 Å². The molecule has 124 valence electrons. The van der Waals surface area contributed by atoms with Crippen LogP contribution >= 0.6 is 0 Å². The molecule has 1 heteroatoms. The van der Waals surface area contributed by atoms with Crippen LogP contribution in [0.25, 0.3) is 0 Å². The predicted molar refractivity (Wildman–Crippen MR) is 93.0 cm³/mol. The molecule has 0 radical (unpaired) electrons. The van der Waals surface area contributed by atoms with Crippen molar-refractivity contribution in [3.8, 4) is 0 Å². The summed E-state index contributed by atoms with van der Waals surface area (Å²) in [5.41, 5.74) is 0.480. The standard InChI is InChI=1S/C11H24.C8H18O/c1-8(2)10(5)11(6,7)9(3)4;1-4-8(9)6-5-7(2)3/h8-10H,1-7H3;7-9H,4-6H2,1-3H3. The summed E-state index contributed by atoms with van der Waals surface area (Å²) in [6.45, 7) is 22.8. The fourth-order valence-corrected chi connectivity index (χ4v) is 2.11. The molecule has 0 aromatic heterocycles. The lowest BCUT2D eigenvalue weighted by Gasteiger charge is -2.38. The Morgan fingerprint density at radius 3 is 1.50 bits per heavy atom. The lowest BCUT2D eigenvalue weighted by Crippen LogP contribution is -2.30. The monoisotopic (exact) mass is 286 g/mol. The molecule has 0 aromatic carbocycles. The van der Waals surface area contributed by atoms with Gasteiger partial charge in [-0.05, 0) is 48.3 Å². The summed E-state index contributed by atoms with van der Waals surface area (Å²) in [6, 6.07) is 0. The number of hydrogen-bond acceptors (Lipinski definition) is 1. The summed E-state index contributed by atoms with van der Waals surface area (Å²) in [6.07, 6.45) is 2.95. The zero-order valence-electron chi connectivity index (χ0n) is 16.0. The van der Waals surface area contributed by atoms with Gasteiger partial charge in [0.2, 0.25) is 0 Å². The minimum atomic E-state index is -0.0626. The van der Waals surface area contributed by atoms with Crippen LogP contribution in [0, 0.1) is 29.1 Å². The Morgan fingerprint density at radius 2 is 1.30 bits per heavy atom. The van der Waals surface area contributed by atoms with Gasteiger partial charge in [-0.1, -0.05) is 69.2 Å². The largest absolute Gasteiger partial charge is 0.393 e. The highest BCUT2D eigenvalue weighted by Gasteiger charge is 2.30. The third-order valence-corrected chi connectivity index (χ3v) is 5.21. The summed E-state index contributed by atoms with van der Waals surface area (Å²) >= 11 is 0. The molecule has 0 rings (SSSR count). The predicted octanol–water partition coefficient (Wildman–Crippen LogP) is 6.15. The average Bonchev–Trinajstić information content (AvgIpc) is 2.35. The van der Waals surface area contributed by atoms with Gasteiger partial charge in [-0.2, -0.15) is 0 Å². The van der Waals surface area contributed by atoms with E-state index < -0.39 is 0 Å². The Balaban J connectivity index is 0. The van der Waals surface area contributed by atoms with E-state index in [1.54, 1.807) is 0 Å². The maximum Gasteiger partial charge on any atom is 0.0537 e. The summed E-state index contributed by atoms with van der Waals surface area (Å²) in [5.74, 6) is 3.11. The summed E-state index contributed by atoms with van der Waals surface area (Å²) in [7, 11) is 0. The second-order valence-corrected chi connectivity index (χ2v) is 8.04. The van der Waals surface area contributed by atoms with E-state index >= 15 is 0 Å². The number of aliphatic hydroxyl groups excluding tert-OH is 1. The first-order valence-corrected chi connectivity index (χ1v) is 8.64. The van der Waals surface area contributed by atoms with Crippen molar-refractivity contribution in [2.75, 3.05) is 0 Å². The molecule has 0 saturated carbocycles. The van der Waals surface area contributed by atoms with Crippen LogP contribution in [0.5, 0.6) is 0 Å². The van der Waals surface area contributed by atoms with Gasteiger partial charge in [0.15, 0.2) is 0 Å².